The van der Waals surface area contributed by atoms with Crippen LogP contribution >= 0.6 is 12.4 Å². The Morgan fingerprint density at radius 3 is 2.64 bits per heavy atom. The van der Waals surface area contributed by atoms with Crippen LogP contribution in [0.25, 0.3) is 5.69 Å². The van der Waals surface area contributed by atoms with Crippen LogP contribution in [-0.2, 0) is 0 Å². The Hall–Kier alpha value is -2.78. The lowest BCUT2D eigenvalue weighted by Crippen LogP contribution is -2.29. The van der Waals surface area contributed by atoms with Gasteiger partial charge in [-0.2, -0.15) is 0 Å². The Bertz CT molecular complexity index is 903. The molecule has 0 spiro atoms. The van der Waals surface area contributed by atoms with Crippen LogP contribution < -0.4 is 10.6 Å². The van der Waals surface area contributed by atoms with E-state index in [9.17, 15) is 4.79 Å². The second kappa shape index (κ2) is 8.94. The van der Waals surface area contributed by atoms with Crippen LogP contribution in [-0.4, -0.2) is 49.0 Å². The molecule has 28 heavy (non-hydrogen) atoms. The summed E-state index contributed by atoms with van der Waals surface area (Å²) in [5, 5.41) is 22.7. The SMILES string of the molecule is CC(NC(=O)c1cn(C2CCNCC2)nn1)c1cn(-c2ccccc2)nn1.Cl. The molecule has 2 aromatic heterocycles. The monoisotopic (exact) mass is 402 g/mol. The molecule has 1 atom stereocenters. The van der Waals surface area contributed by atoms with E-state index in [0.717, 1.165) is 31.6 Å². The van der Waals surface area contributed by atoms with Gasteiger partial charge in [0.1, 0.15) is 5.69 Å². The molecule has 3 heterocycles. The van der Waals surface area contributed by atoms with E-state index in [1.165, 1.54) is 0 Å². The number of carbonyl (C=O) groups excluding carboxylic acids is 1. The highest BCUT2D eigenvalue weighted by Crippen LogP contribution is 2.17. The van der Waals surface area contributed by atoms with E-state index < -0.39 is 0 Å². The highest BCUT2D eigenvalue weighted by Gasteiger charge is 2.20. The first-order chi connectivity index (χ1) is 13.2. The topological polar surface area (TPSA) is 103 Å². The molecule has 1 aromatic carbocycles. The zero-order valence-electron chi connectivity index (χ0n) is 15.5. The van der Waals surface area contributed by atoms with Gasteiger partial charge in [-0.15, -0.1) is 22.6 Å². The molecule has 0 radical (unpaired) electrons. The average Bonchev–Trinajstić information content (AvgIpc) is 3.39. The van der Waals surface area contributed by atoms with Gasteiger partial charge in [-0.1, -0.05) is 28.6 Å². The molecule has 0 aliphatic carbocycles. The fourth-order valence-corrected chi connectivity index (χ4v) is 3.16. The zero-order chi connectivity index (χ0) is 18.6. The third-order valence-electron chi connectivity index (χ3n) is 4.75. The van der Waals surface area contributed by atoms with E-state index in [1.807, 2.05) is 43.5 Å². The van der Waals surface area contributed by atoms with Crippen LogP contribution in [0.5, 0.6) is 0 Å². The van der Waals surface area contributed by atoms with Gasteiger partial charge in [0.15, 0.2) is 5.69 Å². The Morgan fingerprint density at radius 2 is 1.89 bits per heavy atom. The summed E-state index contributed by atoms with van der Waals surface area (Å²) in [6, 6.07) is 9.71. The van der Waals surface area contributed by atoms with Gasteiger partial charge in [0.2, 0.25) is 0 Å². The summed E-state index contributed by atoms with van der Waals surface area (Å²) in [6.07, 6.45) is 5.51. The molecule has 10 heteroatoms. The van der Waals surface area contributed by atoms with Crippen molar-refractivity contribution in [1.82, 2.24) is 40.6 Å². The van der Waals surface area contributed by atoms with Crippen molar-refractivity contribution in [1.29, 1.82) is 0 Å². The number of benzene rings is 1. The Morgan fingerprint density at radius 1 is 1.14 bits per heavy atom. The Kier molecular flexibility index (Phi) is 6.37. The van der Waals surface area contributed by atoms with Crippen LogP contribution in [0.4, 0.5) is 0 Å². The van der Waals surface area contributed by atoms with E-state index in [2.05, 4.69) is 31.3 Å². The second-order valence-corrected chi connectivity index (χ2v) is 6.68. The predicted molar refractivity (Wildman–Crippen MR) is 106 cm³/mol. The molecular weight excluding hydrogens is 380 g/mol. The number of halogens is 1. The molecule has 1 aliphatic rings. The van der Waals surface area contributed by atoms with Gasteiger partial charge in [0.05, 0.1) is 30.2 Å². The van der Waals surface area contributed by atoms with Crippen LogP contribution in [0.2, 0.25) is 0 Å². The van der Waals surface area contributed by atoms with Crippen molar-refractivity contribution in [2.75, 3.05) is 13.1 Å². The van der Waals surface area contributed by atoms with Crippen molar-refractivity contribution >= 4 is 18.3 Å². The maximum atomic E-state index is 12.5. The van der Waals surface area contributed by atoms with Crippen molar-refractivity contribution in [3.8, 4) is 5.69 Å². The average molecular weight is 403 g/mol. The van der Waals surface area contributed by atoms with Crippen molar-refractivity contribution in [2.24, 2.45) is 0 Å². The Balaban J connectivity index is 0.00000225. The number of nitrogens with zero attached hydrogens (tertiary/aromatic N) is 6. The van der Waals surface area contributed by atoms with E-state index in [-0.39, 0.29) is 24.4 Å². The first kappa shape index (κ1) is 20.0. The number of aromatic nitrogens is 6. The number of carbonyl (C=O) groups is 1. The molecule has 4 rings (SSSR count). The first-order valence-electron chi connectivity index (χ1n) is 9.12. The minimum absolute atomic E-state index is 0. The summed E-state index contributed by atoms with van der Waals surface area (Å²) < 4.78 is 3.48. The van der Waals surface area contributed by atoms with Crippen molar-refractivity contribution in [2.45, 2.75) is 31.8 Å². The smallest absolute Gasteiger partial charge is 0.273 e. The minimum atomic E-state index is -0.293. The van der Waals surface area contributed by atoms with Gasteiger partial charge < -0.3 is 10.6 Å². The molecule has 148 valence electrons. The fraction of sp³-hybridized carbons (Fsp3) is 0.389. The molecule has 1 saturated heterocycles. The molecule has 3 aromatic rings. The number of piperidine rings is 1. The van der Waals surface area contributed by atoms with Gasteiger partial charge in [-0.3, -0.25) is 4.79 Å². The summed E-state index contributed by atoms with van der Waals surface area (Å²) in [5.74, 6) is -0.267. The van der Waals surface area contributed by atoms with E-state index in [0.29, 0.717) is 17.4 Å². The maximum absolute atomic E-state index is 12.5. The minimum Gasteiger partial charge on any atom is -0.342 e. The van der Waals surface area contributed by atoms with Gasteiger partial charge in [0.25, 0.3) is 5.91 Å². The molecule has 2 N–H and O–H groups in total. The van der Waals surface area contributed by atoms with Gasteiger partial charge in [-0.05, 0) is 45.0 Å². The number of para-hydroxylation sites is 1. The summed E-state index contributed by atoms with van der Waals surface area (Å²) in [4.78, 5) is 12.5. The van der Waals surface area contributed by atoms with Crippen molar-refractivity contribution in [3.05, 3.63) is 54.1 Å². The van der Waals surface area contributed by atoms with Crippen LogP contribution in [0.15, 0.2) is 42.7 Å². The number of hydrogen-bond acceptors (Lipinski definition) is 6. The molecule has 1 amide bonds. The number of hydrogen-bond donors (Lipinski definition) is 2. The normalized spacial score (nSPS) is 15.6. The molecule has 1 aliphatic heterocycles. The van der Waals surface area contributed by atoms with Gasteiger partial charge >= 0.3 is 0 Å². The molecule has 1 unspecified atom stereocenters. The summed E-state index contributed by atoms with van der Waals surface area (Å²) in [5.41, 5.74) is 1.91. The fourth-order valence-electron chi connectivity index (χ4n) is 3.16. The van der Waals surface area contributed by atoms with Crippen molar-refractivity contribution in [3.63, 3.8) is 0 Å². The number of nitrogens with one attached hydrogen (secondary N) is 2. The van der Waals surface area contributed by atoms with Crippen molar-refractivity contribution < 1.29 is 4.79 Å². The number of amides is 1. The second-order valence-electron chi connectivity index (χ2n) is 6.68. The van der Waals surface area contributed by atoms with E-state index in [4.69, 9.17) is 0 Å². The summed E-state index contributed by atoms with van der Waals surface area (Å²) in [6.45, 7) is 3.79. The first-order valence-corrected chi connectivity index (χ1v) is 9.12. The summed E-state index contributed by atoms with van der Waals surface area (Å²) >= 11 is 0. The summed E-state index contributed by atoms with van der Waals surface area (Å²) in [7, 11) is 0. The highest BCUT2D eigenvalue weighted by molar-refractivity contribution is 5.92. The highest BCUT2D eigenvalue weighted by atomic mass is 35.5. The Labute approximate surface area is 168 Å². The quantitative estimate of drug-likeness (QED) is 0.673. The molecule has 0 bridgehead atoms. The lowest BCUT2D eigenvalue weighted by molar-refractivity contribution is 0.0934. The standard InChI is InChI=1S/C18H22N8O.ClH/c1-13(16-11-25(23-21-16)14-5-3-2-4-6-14)20-18(27)17-12-26(24-22-17)15-7-9-19-10-8-15;/h2-6,11-13,15,19H,7-10H2,1H3,(H,20,27);1H. The molecule has 0 saturated carbocycles. The van der Waals surface area contributed by atoms with Gasteiger partial charge in [0, 0.05) is 0 Å². The maximum Gasteiger partial charge on any atom is 0.273 e. The van der Waals surface area contributed by atoms with Gasteiger partial charge in [-0.25, -0.2) is 9.36 Å². The third kappa shape index (κ3) is 4.37. The van der Waals surface area contributed by atoms with E-state index >= 15 is 0 Å². The van der Waals surface area contributed by atoms with Crippen LogP contribution in [0.3, 0.4) is 0 Å². The molecule has 1 fully saturated rings. The number of rotatable bonds is 5. The molecule has 9 nitrogen and oxygen atoms in total. The van der Waals surface area contributed by atoms with E-state index in [1.54, 1.807) is 15.6 Å². The van der Waals surface area contributed by atoms with Crippen LogP contribution in [0, 0.1) is 0 Å². The lowest BCUT2D eigenvalue weighted by Gasteiger charge is -2.22. The molecular formula is C18H23ClN8O. The van der Waals surface area contributed by atoms with Crippen LogP contribution in [0.1, 0.15) is 48.0 Å². The zero-order valence-corrected chi connectivity index (χ0v) is 16.3. The predicted octanol–water partition coefficient (Wildman–Crippen LogP) is 1.70. The largest absolute Gasteiger partial charge is 0.342 e. The third-order valence-corrected chi connectivity index (χ3v) is 4.75. The lowest BCUT2D eigenvalue weighted by atomic mass is 10.1.